The first-order chi connectivity index (χ1) is 8.49. The third kappa shape index (κ3) is 2.27. The minimum atomic E-state index is -0.641. The molecule has 0 aliphatic carbocycles. The predicted octanol–water partition coefficient (Wildman–Crippen LogP) is 3.91. The zero-order valence-electron chi connectivity index (χ0n) is 10.2. The summed E-state index contributed by atoms with van der Waals surface area (Å²) < 4.78 is 27.4. The van der Waals surface area contributed by atoms with Gasteiger partial charge in [-0.1, -0.05) is 12.1 Å². The van der Waals surface area contributed by atoms with E-state index in [4.69, 9.17) is 5.73 Å². The molecule has 2 nitrogen and oxygen atoms in total. The van der Waals surface area contributed by atoms with Crippen LogP contribution in [-0.2, 0) is 0 Å². The second-order valence-corrected chi connectivity index (χ2v) is 4.27. The lowest BCUT2D eigenvalue weighted by Gasteiger charge is -2.12. The number of hydrogen-bond donors (Lipinski definition) is 2. The topological polar surface area (TPSA) is 38.0 Å². The van der Waals surface area contributed by atoms with E-state index in [1.165, 1.54) is 12.1 Å². The molecule has 0 spiro atoms. The minimum absolute atomic E-state index is 0.175. The summed E-state index contributed by atoms with van der Waals surface area (Å²) in [5, 5.41) is 2.70. The maximum absolute atomic E-state index is 13.8. The van der Waals surface area contributed by atoms with E-state index in [-0.39, 0.29) is 5.69 Å². The van der Waals surface area contributed by atoms with Gasteiger partial charge in [-0.3, -0.25) is 0 Å². The average molecular weight is 248 g/mol. The lowest BCUT2D eigenvalue weighted by atomic mass is 10.1. The van der Waals surface area contributed by atoms with E-state index in [0.717, 1.165) is 5.56 Å². The Bertz CT molecular complexity index is 595. The third-order valence-corrected chi connectivity index (χ3v) is 2.75. The third-order valence-electron chi connectivity index (χ3n) is 2.75. The van der Waals surface area contributed by atoms with Crippen LogP contribution in [0.3, 0.4) is 0 Å². The number of hydrogen-bond acceptors (Lipinski definition) is 2. The van der Waals surface area contributed by atoms with Crippen molar-refractivity contribution in [2.24, 2.45) is 0 Å². The molecule has 0 heterocycles. The molecule has 0 saturated carbocycles. The second-order valence-electron chi connectivity index (χ2n) is 4.27. The summed E-state index contributed by atoms with van der Waals surface area (Å²) in [7, 11) is 0. The van der Waals surface area contributed by atoms with Crippen molar-refractivity contribution < 1.29 is 8.78 Å². The van der Waals surface area contributed by atoms with Crippen LogP contribution in [0.1, 0.15) is 11.1 Å². The fourth-order valence-corrected chi connectivity index (χ4v) is 1.70. The molecule has 0 radical (unpaired) electrons. The molecule has 0 fully saturated rings. The predicted molar refractivity (Wildman–Crippen MR) is 70.0 cm³/mol. The summed E-state index contributed by atoms with van der Waals surface area (Å²) in [6.07, 6.45) is 0. The van der Waals surface area contributed by atoms with Gasteiger partial charge in [-0.05, 0) is 43.2 Å². The Morgan fingerprint density at radius 3 is 2.44 bits per heavy atom. The van der Waals surface area contributed by atoms with Crippen molar-refractivity contribution in [1.82, 2.24) is 0 Å². The molecule has 0 aliphatic rings. The van der Waals surface area contributed by atoms with Crippen molar-refractivity contribution in [2.75, 3.05) is 11.1 Å². The molecule has 94 valence electrons. The summed E-state index contributed by atoms with van der Waals surface area (Å²) >= 11 is 0. The molecule has 2 aromatic carbocycles. The Labute approximate surface area is 104 Å². The van der Waals surface area contributed by atoms with Gasteiger partial charge in [0.05, 0.1) is 11.4 Å². The van der Waals surface area contributed by atoms with Gasteiger partial charge < -0.3 is 11.1 Å². The molecular formula is C14H14F2N2. The Morgan fingerprint density at radius 2 is 1.78 bits per heavy atom. The van der Waals surface area contributed by atoms with Crippen molar-refractivity contribution in [1.29, 1.82) is 0 Å². The molecule has 2 rings (SSSR count). The van der Waals surface area contributed by atoms with Crippen molar-refractivity contribution in [3.05, 3.63) is 53.1 Å². The van der Waals surface area contributed by atoms with Crippen LogP contribution in [0, 0.1) is 25.5 Å². The van der Waals surface area contributed by atoms with Gasteiger partial charge in [0.25, 0.3) is 0 Å². The zero-order chi connectivity index (χ0) is 13.3. The first-order valence-corrected chi connectivity index (χ1v) is 5.57. The monoisotopic (exact) mass is 248 g/mol. The average Bonchev–Trinajstić information content (AvgIpc) is 2.32. The van der Waals surface area contributed by atoms with Gasteiger partial charge in [-0.25, -0.2) is 8.78 Å². The van der Waals surface area contributed by atoms with Crippen molar-refractivity contribution in [3.63, 3.8) is 0 Å². The number of rotatable bonds is 2. The summed E-state index contributed by atoms with van der Waals surface area (Å²) in [6.45, 7) is 3.48. The smallest absolute Gasteiger partial charge is 0.152 e. The highest BCUT2D eigenvalue weighted by Gasteiger charge is 2.12. The number of nitrogens with one attached hydrogen (secondary N) is 1. The van der Waals surface area contributed by atoms with E-state index >= 15 is 0 Å². The second kappa shape index (κ2) is 4.64. The molecule has 4 heteroatoms. The fourth-order valence-electron chi connectivity index (χ4n) is 1.70. The van der Waals surface area contributed by atoms with E-state index in [2.05, 4.69) is 5.32 Å². The molecule has 0 aliphatic heterocycles. The van der Waals surface area contributed by atoms with Gasteiger partial charge in [0.15, 0.2) is 5.82 Å². The maximum Gasteiger partial charge on any atom is 0.152 e. The largest absolute Gasteiger partial charge is 0.397 e. The van der Waals surface area contributed by atoms with E-state index in [0.29, 0.717) is 16.9 Å². The molecule has 18 heavy (non-hydrogen) atoms. The highest BCUT2D eigenvalue weighted by molar-refractivity contribution is 5.73. The Kier molecular flexibility index (Phi) is 3.19. The maximum atomic E-state index is 13.8. The van der Waals surface area contributed by atoms with Crippen LogP contribution >= 0.6 is 0 Å². The quantitative estimate of drug-likeness (QED) is 0.791. The highest BCUT2D eigenvalue weighted by Crippen LogP contribution is 2.28. The zero-order valence-corrected chi connectivity index (χ0v) is 10.2. The van der Waals surface area contributed by atoms with E-state index in [1.54, 1.807) is 19.1 Å². The van der Waals surface area contributed by atoms with Crippen LogP contribution < -0.4 is 11.1 Å². The molecule has 0 saturated heterocycles. The Morgan fingerprint density at radius 1 is 1.06 bits per heavy atom. The summed E-state index contributed by atoms with van der Waals surface area (Å²) in [6, 6.07) is 7.89. The van der Waals surface area contributed by atoms with Crippen molar-refractivity contribution in [3.8, 4) is 0 Å². The van der Waals surface area contributed by atoms with Crippen LogP contribution in [0.4, 0.5) is 25.8 Å². The van der Waals surface area contributed by atoms with E-state index < -0.39 is 11.6 Å². The van der Waals surface area contributed by atoms with Crippen LogP contribution in [0.25, 0.3) is 0 Å². The first-order valence-electron chi connectivity index (χ1n) is 5.57. The van der Waals surface area contributed by atoms with Gasteiger partial charge in [0.2, 0.25) is 0 Å². The van der Waals surface area contributed by atoms with Crippen LogP contribution in [0.15, 0.2) is 30.3 Å². The number of aryl methyl sites for hydroxylation is 2. The molecule has 0 unspecified atom stereocenters. The fraction of sp³-hybridized carbons (Fsp3) is 0.143. The molecular weight excluding hydrogens is 234 g/mol. The Hall–Kier alpha value is -2.10. The van der Waals surface area contributed by atoms with Crippen molar-refractivity contribution in [2.45, 2.75) is 13.8 Å². The standard InChI is InChI=1S/C14H14F2N2/c1-8-3-6-12(11(17)7-8)18-14-10(15)5-4-9(2)13(14)16/h3-7,18H,17H2,1-2H3. The normalized spacial score (nSPS) is 10.4. The number of anilines is 3. The number of halogens is 2. The lowest BCUT2D eigenvalue weighted by Crippen LogP contribution is -2.02. The summed E-state index contributed by atoms with van der Waals surface area (Å²) in [5.41, 5.74) is 7.94. The van der Waals surface area contributed by atoms with E-state index in [1.807, 2.05) is 13.0 Å². The number of benzene rings is 2. The molecule has 0 atom stereocenters. The minimum Gasteiger partial charge on any atom is -0.397 e. The van der Waals surface area contributed by atoms with Gasteiger partial charge in [0.1, 0.15) is 11.5 Å². The van der Waals surface area contributed by atoms with Gasteiger partial charge in [-0.15, -0.1) is 0 Å². The molecule has 3 N–H and O–H groups in total. The highest BCUT2D eigenvalue weighted by atomic mass is 19.1. The first kappa shape index (κ1) is 12.4. The Balaban J connectivity index is 2.43. The van der Waals surface area contributed by atoms with Gasteiger partial charge in [0, 0.05) is 0 Å². The van der Waals surface area contributed by atoms with Gasteiger partial charge in [-0.2, -0.15) is 0 Å². The molecule has 0 aromatic heterocycles. The SMILES string of the molecule is Cc1ccc(Nc2c(F)ccc(C)c2F)c(N)c1. The van der Waals surface area contributed by atoms with Crippen molar-refractivity contribution >= 4 is 17.1 Å². The van der Waals surface area contributed by atoms with Crippen LogP contribution in [0.5, 0.6) is 0 Å². The summed E-state index contributed by atoms with van der Waals surface area (Å²) in [5.74, 6) is -1.24. The number of nitrogen functional groups attached to an aromatic ring is 1. The molecule has 0 amide bonds. The molecule has 2 aromatic rings. The lowest BCUT2D eigenvalue weighted by molar-refractivity contribution is 0.585. The van der Waals surface area contributed by atoms with Gasteiger partial charge >= 0.3 is 0 Å². The van der Waals surface area contributed by atoms with Crippen LogP contribution in [0.2, 0.25) is 0 Å². The van der Waals surface area contributed by atoms with Crippen LogP contribution in [-0.4, -0.2) is 0 Å². The van der Waals surface area contributed by atoms with E-state index in [9.17, 15) is 8.78 Å². The number of nitrogens with two attached hydrogens (primary N) is 1. The molecule has 0 bridgehead atoms. The summed E-state index contributed by atoms with van der Waals surface area (Å²) in [4.78, 5) is 0.